The molecule has 0 atom stereocenters. The molecule has 0 spiro atoms. The first-order chi connectivity index (χ1) is 17.5. The summed E-state index contributed by atoms with van der Waals surface area (Å²) in [6.07, 6.45) is 0. The van der Waals surface area contributed by atoms with Gasteiger partial charge < -0.3 is 14.8 Å². The highest BCUT2D eigenvalue weighted by Gasteiger charge is 2.34. The second-order valence-corrected chi connectivity index (χ2v) is 8.59. The highest BCUT2D eigenvalue weighted by Crippen LogP contribution is 2.44. The van der Waals surface area contributed by atoms with E-state index < -0.39 is 24.4 Å². The van der Waals surface area contributed by atoms with E-state index in [2.05, 4.69) is 5.32 Å². The maximum atomic E-state index is 13.2. The van der Waals surface area contributed by atoms with E-state index in [0.29, 0.717) is 33.2 Å². The maximum Gasteiger partial charge on any atom is 0.318 e. The average Bonchev–Trinajstić information content (AvgIpc) is 2.91. The zero-order valence-electron chi connectivity index (χ0n) is 18.9. The number of ketones is 1. The van der Waals surface area contributed by atoms with Gasteiger partial charge in [0.05, 0.1) is 5.69 Å². The summed E-state index contributed by atoms with van der Waals surface area (Å²) in [5.41, 5.74) is 2.29. The number of para-hydroxylation sites is 2. The summed E-state index contributed by atoms with van der Waals surface area (Å²) in [5.74, 6) is -1.06. The van der Waals surface area contributed by atoms with Crippen LogP contribution in [0.2, 0.25) is 5.02 Å². The Morgan fingerprint density at radius 1 is 0.806 bits per heavy atom. The predicted molar refractivity (Wildman–Crippen MR) is 136 cm³/mol. The van der Waals surface area contributed by atoms with Gasteiger partial charge in [-0.15, -0.1) is 0 Å². The number of esters is 1. The van der Waals surface area contributed by atoms with E-state index >= 15 is 0 Å². The molecule has 1 aliphatic heterocycles. The zero-order chi connectivity index (χ0) is 25.1. The number of benzene rings is 4. The fourth-order valence-corrected chi connectivity index (χ4v) is 4.30. The van der Waals surface area contributed by atoms with Crippen LogP contribution in [-0.2, 0) is 14.3 Å². The van der Waals surface area contributed by atoms with E-state index in [4.69, 9.17) is 21.1 Å². The highest BCUT2D eigenvalue weighted by molar-refractivity contribution is 6.31. The third-order valence-electron chi connectivity index (χ3n) is 5.80. The van der Waals surface area contributed by atoms with Crippen LogP contribution in [0.4, 0.5) is 5.69 Å². The summed E-state index contributed by atoms with van der Waals surface area (Å²) < 4.78 is 11.3. The molecule has 7 heteroatoms. The van der Waals surface area contributed by atoms with Crippen LogP contribution in [0.15, 0.2) is 97.1 Å². The van der Waals surface area contributed by atoms with Crippen molar-refractivity contribution < 1.29 is 23.9 Å². The van der Waals surface area contributed by atoms with Crippen LogP contribution in [-0.4, -0.2) is 24.3 Å². The molecule has 4 aromatic rings. The van der Waals surface area contributed by atoms with Crippen molar-refractivity contribution in [3.63, 3.8) is 0 Å². The molecule has 0 saturated heterocycles. The molecule has 1 amide bonds. The van der Waals surface area contributed by atoms with Crippen LogP contribution in [0.3, 0.4) is 0 Å². The number of halogens is 1. The second-order valence-electron chi connectivity index (χ2n) is 8.15. The molecule has 0 aliphatic carbocycles. The van der Waals surface area contributed by atoms with Crippen LogP contribution >= 0.6 is 11.6 Å². The van der Waals surface area contributed by atoms with Gasteiger partial charge in [0, 0.05) is 27.3 Å². The Morgan fingerprint density at radius 3 is 2.08 bits per heavy atom. The van der Waals surface area contributed by atoms with Crippen LogP contribution in [0.1, 0.15) is 33.0 Å². The number of carbonyl (C=O) groups is 3. The van der Waals surface area contributed by atoms with Crippen LogP contribution in [0.25, 0.3) is 0 Å². The molecule has 36 heavy (non-hydrogen) atoms. The minimum absolute atomic E-state index is 0.237. The molecule has 1 N–H and O–H groups in total. The first-order valence-corrected chi connectivity index (χ1v) is 11.6. The van der Waals surface area contributed by atoms with E-state index in [1.54, 1.807) is 66.7 Å². The van der Waals surface area contributed by atoms with Crippen LogP contribution < -0.4 is 10.1 Å². The molecule has 0 saturated carbocycles. The lowest BCUT2D eigenvalue weighted by molar-refractivity contribution is -0.148. The van der Waals surface area contributed by atoms with Gasteiger partial charge in [0.1, 0.15) is 17.4 Å². The molecule has 1 heterocycles. The molecular formula is C29H20ClNO5. The molecule has 5 rings (SSSR count). The van der Waals surface area contributed by atoms with Crippen molar-refractivity contribution in [1.29, 1.82) is 0 Å². The normalized spacial score (nSPS) is 12.0. The molecule has 6 nitrogen and oxygen atoms in total. The minimum Gasteiger partial charge on any atom is -0.457 e. The zero-order valence-corrected chi connectivity index (χ0v) is 19.7. The summed E-state index contributed by atoms with van der Waals surface area (Å²) in [4.78, 5) is 38.9. The third kappa shape index (κ3) is 4.72. The summed E-state index contributed by atoms with van der Waals surface area (Å²) in [7, 11) is 0. The number of rotatable bonds is 6. The number of ether oxygens (including phenoxy) is 2. The van der Waals surface area contributed by atoms with E-state index in [1.807, 2.05) is 24.3 Å². The Balaban J connectivity index is 1.32. The average molecular weight is 498 g/mol. The first kappa shape index (κ1) is 23.3. The second kappa shape index (κ2) is 10.1. The SMILES string of the molecule is O=C(COC(=O)C1c2ccccc2Oc2ccccc21)Nc1ccc(Cl)cc1C(=O)c1ccccc1. The smallest absolute Gasteiger partial charge is 0.318 e. The largest absolute Gasteiger partial charge is 0.457 e. The molecular weight excluding hydrogens is 478 g/mol. The fourth-order valence-electron chi connectivity index (χ4n) is 4.13. The standard InChI is InChI=1S/C29H20ClNO5/c30-19-14-15-23(22(16-19)28(33)18-8-2-1-3-9-18)31-26(32)17-35-29(34)27-20-10-4-6-12-24(20)36-25-13-7-5-11-21(25)27/h1-16,27H,17H2,(H,31,32). The van der Waals surface area contributed by atoms with E-state index in [1.165, 1.54) is 6.07 Å². The lowest BCUT2D eigenvalue weighted by Gasteiger charge is -2.26. The first-order valence-electron chi connectivity index (χ1n) is 11.2. The number of hydrogen-bond acceptors (Lipinski definition) is 5. The molecule has 0 aromatic heterocycles. The quantitative estimate of drug-likeness (QED) is 0.261. The van der Waals surface area contributed by atoms with Gasteiger partial charge in [0.15, 0.2) is 12.4 Å². The number of amides is 1. The highest BCUT2D eigenvalue weighted by atomic mass is 35.5. The Morgan fingerprint density at radius 2 is 1.42 bits per heavy atom. The Hall–Kier alpha value is -4.42. The minimum atomic E-state index is -0.732. The Labute approximate surface area is 212 Å². The lowest BCUT2D eigenvalue weighted by Crippen LogP contribution is -2.26. The summed E-state index contributed by atoms with van der Waals surface area (Å²) in [5, 5.41) is 3.02. The third-order valence-corrected chi connectivity index (χ3v) is 6.03. The van der Waals surface area contributed by atoms with Crippen molar-refractivity contribution >= 4 is 34.9 Å². The predicted octanol–water partition coefficient (Wildman–Crippen LogP) is 5.99. The molecule has 178 valence electrons. The fraction of sp³-hybridized carbons (Fsp3) is 0.0690. The monoisotopic (exact) mass is 497 g/mol. The van der Waals surface area contributed by atoms with Gasteiger partial charge in [-0.2, -0.15) is 0 Å². The summed E-state index contributed by atoms with van der Waals surface area (Å²) >= 11 is 6.11. The number of nitrogens with one attached hydrogen (secondary N) is 1. The van der Waals surface area contributed by atoms with Gasteiger partial charge in [0.25, 0.3) is 5.91 Å². The lowest BCUT2D eigenvalue weighted by atomic mass is 9.88. The Bertz CT molecular complexity index is 1420. The Kier molecular flexibility index (Phi) is 6.52. The van der Waals surface area contributed by atoms with Crippen LogP contribution in [0, 0.1) is 0 Å². The molecule has 0 fully saturated rings. The molecule has 4 aromatic carbocycles. The molecule has 0 bridgehead atoms. The number of anilines is 1. The number of fused-ring (bicyclic) bond motifs is 2. The van der Waals surface area contributed by atoms with Gasteiger partial charge in [-0.25, -0.2) is 0 Å². The molecule has 0 radical (unpaired) electrons. The summed E-state index contributed by atoms with van der Waals surface area (Å²) in [6, 6.07) is 27.7. The van der Waals surface area contributed by atoms with Crippen molar-refractivity contribution in [3.05, 3.63) is 124 Å². The van der Waals surface area contributed by atoms with E-state index in [-0.39, 0.29) is 17.0 Å². The van der Waals surface area contributed by atoms with Crippen molar-refractivity contribution in [2.24, 2.45) is 0 Å². The van der Waals surface area contributed by atoms with Crippen molar-refractivity contribution in [3.8, 4) is 11.5 Å². The topological polar surface area (TPSA) is 81.7 Å². The number of hydrogen-bond donors (Lipinski definition) is 1. The summed E-state index contributed by atoms with van der Waals surface area (Å²) in [6.45, 7) is -0.526. The van der Waals surface area contributed by atoms with Gasteiger partial charge in [-0.1, -0.05) is 78.3 Å². The van der Waals surface area contributed by atoms with Crippen molar-refractivity contribution in [2.75, 3.05) is 11.9 Å². The maximum absolute atomic E-state index is 13.2. The van der Waals surface area contributed by atoms with Crippen molar-refractivity contribution in [2.45, 2.75) is 5.92 Å². The van der Waals surface area contributed by atoms with E-state index in [9.17, 15) is 14.4 Å². The van der Waals surface area contributed by atoms with E-state index in [0.717, 1.165) is 0 Å². The van der Waals surface area contributed by atoms with Crippen LogP contribution in [0.5, 0.6) is 11.5 Å². The molecule has 0 unspecified atom stereocenters. The van der Waals surface area contributed by atoms with Gasteiger partial charge >= 0.3 is 5.97 Å². The van der Waals surface area contributed by atoms with Gasteiger partial charge in [-0.05, 0) is 30.3 Å². The van der Waals surface area contributed by atoms with Gasteiger partial charge in [0.2, 0.25) is 0 Å². The molecule has 1 aliphatic rings. The number of carbonyl (C=O) groups excluding carboxylic acids is 3. The van der Waals surface area contributed by atoms with Crippen molar-refractivity contribution in [1.82, 2.24) is 0 Å². The van der Waals surface area contributed by atoms with Gasteiger partial charge in [-0.3, -0.25) is 14.4 Å².